The number of aliphatic carboxylic acids is 1. The van der Waals surface area contributed by atoms with Crippen LogP contribution in [-0.2, 0) is 35.4 Å². The molecule has 50 heavy (non-hydrogen) atoms. The average Bonchev–Trinajstić information content (AvgIpc) is 3.55. The van der Waals surface area contributed by atoms with Crippen molar-refractivity contribution in [1.29, 1.82) is 0 Å². The van der Waals surface area contributed by atoms with E-state index in [0.29, 0.717) is 54.1 Å². The van der Waals surface area contributed by atoms with E-state index in [1.54, 1.807) is 36.8 Å². The van der Waals surface area contributed by atoms with Crippen LogP contribution in [0.15, 0.2) is 71.9 Å². The molecule has 0 bridgehead atoms. The lowest BCUT2D eigenvalue weighted by Crippen LogP contribution is -2.38. The smallest absolute Gasteiger partial charge is 0.313 e. The molecular formula is C38H44ClN3O7S. The summed E-state index contributed by atoms with van der Waals surface area (Å²) in [4.78, 5) is 18.5. The van der Waals surface area contributed by atoms with Crippen molar-refractivity contribution in [3.8, 4) is 28.4 Å². The molecule has 0 amide bonds. The molecule has 0 spiro atoms. The molecule has 3 aromatic carbocycles. The summed E-state index contributed by atoms with van der Waals surface area (Å²) in [7, 11) is -1.15. The molecule has 4 aromatic rings. The number of nitrogens with zero attached hydrogens (tertiary/aromatic N) is 2. The molecule has 12 heteroatoms. The number of rotatable bonds is 16. The van der Waals surface area contributed by atoms with Crippen LogP contribution in [0, 0.1) is 19.3 Å². The molecular weight excluding hydrogens is 678 g/mol. The van der Waals surface area contributed by atoms with E-state index in [1.165, 1.54) is 0 Å². The highest BCUT2D eigenvalue weighted by atomic mass is 35.5. The summed E-state index contributed by atoms with van der Waals surface area (Å²) in [5.74, 6) is 0.873. The van der Waals surface area contributed by atoms with Gasteiger partial charge in [0.15, 0.2) is 0 Å². The monoisotopic (exact) mass is 721 g/mol. The van der Waals surface area contributed by atoms with E-state index in [9.17, 15) is 19.2 Å². The minimum Gasteiger partial charge on any atom is -0.493 e. The number of pyridine rings is 1. The van der Waals surface area contributed by atoms with Crippen LogP contribution in [0.3, 0.4) is 0 Å². The van der Waals surface area contributed by atoms with E-state index in [0.717, 1.165) is 51.1 Å². The molecule has 1 aliphatic heterocycles. The van der Waals surface area contributed by atoms with Gasteiger partial charge in [0, 0.05) is 55.5 Å². The molecule has 0 aliphatic carbocycles. The second kappa shape index (κ2) is 16.8. The SMILES string of the molecule is Cc1c(COc2cc(OCc3cncc(S(C)=O)c3)c(CN)cc2Cl)cccc1-c1cccc(OCCCN2CCC(CO)(C(=O)O)C2)c1C. The fourth-order valence-electron chi connectivity index (χ4n) is 6.18. The molecule has 10 nitrogen and oxygen atoms in total. The molecule has 1 saturated heterocycles. The fourth-order valence-corrected chi connectivity index (χ4v) is 6.95. The maximum Gasteiger partial charge on any atom is 0.313 e. The molecule has 1 aliphatic rings. The van der Waals surface area contributed by atoms with Crippen LogP contribution in [0.2, 0.25) is 5.02 Å². The number of aliphatic hydroxyl groups is 1. The topological polar surface area (TPSA) is 144 Å². The first-order chi connectivity index (χ1) is 24.0. The standard InChI is InChI=1S/C38H44ClN3O7S/c1-25-28(22-49-36-17-35(29(18-40)16-33(36)39)48-21-27-15-30(50(3)46)20-41-19-27)7-4-8-31(25)32-9-5-10-34(26(32)2)47-14-6-12-42-13-11-38(23-42,24-43)37(44)45/h4-5,7-10,15-17,19-20,43H,6,11-14,18,21-24,40H2,1-3H3,(H,44,45). The van der Waals surface area contributed by atoms with Crippen molar-refractivity contribution in [2.75, 3.05) is 39.1 Å². The Kier molecular flexibility index (Phi) is 12.5. The van der Waals surface area contributed by atoms with Crippen molar-refractivity contribution < 1.29 is 33.4 Å². The lowest BCUT2D eigenvalue weighted by Gasteiger charge is -2.22. The number of hydrogen-bond donors (Lipinski definition) is 3. The first-order valence-electron chi connectivity index (χ1n) is 16.5. The Bertz CT molecular complexity index is 1860. The quantitative estimate of drug-likeness (QED) is 0.120. The van der Waals surface area contributed by atoms with Crippen LogP contribution in [-0.4, -0.2) is 69.4 Å². The highest BCUT2D eigenvalue weighted by molar-refractivity contribution is 7.84. The first kappa shape index (κ1) is 37.3. The molecule has 1 fully saturated rings. The van der Waals surface area contributed by atoms with Gasteiger partial charge in [0.25, 0.3) is 0 Å². The number of hydrogen-bond acceptors (Lipinski definition) is 9. The molecule has 2 unspecified atom stereocenters. The fraction of sp³-hybridized carbons (Fsp3) is 0.368. The zero-order valence-electron chi connectivity index (χ0n) is 28.6. The largest absolute Gasteiger partial charge is 0.493 e. The number of halogens is 1. The van der Waals surface area contributed by atoms with Gasteiger partial charge in [0.05, 0.1) is 33.9 Å². The summed E-state index contributed by atoms with van der Waals surface area (Å²) in [5, 5.41) is 19.6. The minimum atomic E-state index is -1.15. The van der Waals surface area contributed by atoms with Gasteiger partial charge in [-0.3, -0.25) is 14.0 Å². The maximum absolute atomic E-state index is 11.9. The van der Waals surface area contributed by atoms with Crippen molar-refractivity contribution in [3.63, 3.8) is 0 Å². The van der Waals surface area contributed by atoms with E-state index in [1.807, 2.05) is 31.2 Å². The number of aliphatic hydroxyl groups excluding tert-OH is 1. The number of carbonyl (C=O) groups is 1. The van der Waals surface area contributed by atoms with Gasteiger partial charge in [0.2, 0.25) is 0 Å². The van der Waals surface area contributed by atoms with Gasteiger partial charge in [-0.25, -0.2) is 0 Å². The number of nitrogens with two attached hydrogens (primary N) is 1. The number of benzene rings is 3. The van der Waals surface area contributed by atoms with Crippen LogP contribution >= 0.6 is 11.6 Å². The molecule has 0 saturated carbocycles. The van der Waals surface area contributed by atoms with E-state index in [-0.39, 0.29) is 26.4 Å². The third-order valence-electron chi connectivity index (χ3n) is 9.30. The highest BCUT2D eigenvalue weighted by Crippen LogP contribution is 2.36. The van der Waals surface area contributed by atoms with Gasteiger partial charge >= 0.3 is 5.97 Å². The van der Waals surface area contributed by atoms with Gasteiger partial charge in [-0.1, -0.05) is 41.9 Å². The molecule has 2 heterocycles. The Labute approximate surface area is 300 Å². The molecule has 1 aromatic heterocycles. The Morgan fingerprint density at radius 1 is 0.980 bits per heavy atom. The van der Waals surface area contributed by atoms with Crippen molar-refractivity contribution in [3.05, 3.63) is 99.8 Å². The summed E-state index contributed by atoms with van der Waals surface area (Å²) < 4.78 is 30.4. The van der Waals surface area contributed by atoms with Gasteiger partial charge in [0.1, 0.15) is 35.9 Å². The number of carboxylic acid groups (broad SMARTS) is 1. The van der Waals surface area contributed by atoms with Gasteiger partial charge in [-0.15, -0.1) is 0 Å². The zero-order chi connectivity index (χ0) is 35.8. The average molecular weight is 722 g/mol. The number of carboxylic acids is 1. The Balaban J connectivity index is 1.23. The summed E-state index contributed by atoms with van der Waals surface area (Å²) in [6.45, 7) is 6.68. The zero-order valence-corrected chi connectivity index (χ0v) is 30.2. The first-order valence-corrected chi connectivity index (χ1v) is 18.4. The lowest BCUT2D eigenvalue weighted by molar-refractivity contribution is -0.150. The van der Waals surface area contributed by atoms with E-state index in [4.69, 9.17) is 31.5 Å². The molecule has 5 rings (SSSR count). The summed E-state index contributed by atoms with van der Waals surface area (Å²) in [5.41, 5.74) is 11.7. The normalized spacial score (nSPS) is 16.7. The number of ether oxygens (including phenoxy) is 3. The second-order valence-corrected chi connectivity index (χ2v) is 14.4. The molecule has 2 atom stereocenters. The van der Waals surface area contributed by atoms with Crippen molar-refractivity contribution >= 4 is 28.4 Å². The second-order valence-electron chi connectivity index (χ2n) is 12.6. The summed E-state index contributed by atoms with van der Waals surface area (Å²) in [6, 6.07) is 17.5. The molecule has 266 valence electrons. The maximum atomic E-state index is 11.9. The predicted molar refractivity (Wildman–Crippen MR) is 194 cm³/mol. The third kappa shape index (κ3) is 8.65. The Morgan fingerprint density at radius 2 is 1.72 bits per heavy atom. The molecule has 4 N–H and O–H groups in total. The van der Waals surface area contributed by atoms with Crippen LogP contribution in [0.4, 0.5) is 0 Å². The van der Waals surface area contributed by atoms with Crippen LogP contribution < -0.4 is 19.9 Å². The Morgan fingerprint density at radius 3 is 2.42 bits per heavy atom. The van der Waals surface area contributed by atoms with E-state index in [2.05, 4.69) is 28.9 Å². The highest BCUT2D eigenvalue weighted by Gasteiger charge is 2.44. The van der Waals surface area contributed by atoms with Crippen molar-refractivity contribution in [2.24, 2.45) is 11.1 Å². The predicted octanol–water partition coefficient (Wildman–Crippen LogP) is 5.91. The Hall–Kier alpha value is -4.00. The van der Waals surface area contributed by atoms with Crippen LogP contribution in [0.25, 0.3) is 11.1 Å². The third-order valence-corrected chi connectivity index (χ3v) is 10.5. The van der Waals surface area contributed by atoms with E-state index >= 15 is 0 Å². The van der Waals surface area contributed by atoms with E-state index < -0.39 is 22.2 Å². The van der Waals surface area contributed by atoms with Crippen LogP contribution in [0.1, 0.15) is 40.7 Å². The van der Waals surface area contributed by atoms with Crippen LogP contribution in [0.5, 0.6) is 17.2 Å². The van der Waals surface area contributed by atoms with Crippen molar-refractivity contribution in [2.45, 2.75) is 51.3 Å². The molecule has 0 radical (unpaired) electrons. The number of likely N-dealkylation sites (tertiary alicyclic amines) is 1. The lowest BCUT2D eigenvalue weighted by atomic mass is 9.88. The summed E-state index contributed by atoms with van der Waals surface area (Å²) >= 11 is 6.61. The van der Waals surface area contributed by atoms with Crippen molar-refractivity contribution in [1.82, 2.24) is 9.88 Å². The minimum absolute atomic E-state index is 0.214. The van der Waals surface area contributed by atoms with Gasteiger partial charge in [-0.05, 0) is 79.3 Å². The van der Waals surface area contributed by atoms with Gasteiger partial charge in [-0.2, -0.15) is 0 Å². The van der Waals surface area contributed by atoms with Gasteiger partial charge < -0.3 is 35.1 Å². The number of aromatic nitrogens is 1. The summed E-state index contributed by atoms with van der Waals surface area (Å²) in [6.07, 6.45) is 6.05.